The first-order valence-corrected chi connectivity index (χ1v) is 4.31. The second kappa shape index (κ2) is 3.64. The Hall–Kier alpha value is -0.610. The molecule has 1 N–H and O–H groups in total. The zero-order valence-corrected chi connectivity index (χ0v) is 8.26. The molecule has 74 valence electrons. The molecule has 1 aliphatic carbocycles. The third kappa shape index (κ3) is 2.00. The fourth-order valence-corrected chi connectivity index (χ4v) is 1.31. The van der Waals surface area contributed by atoms with Gasteiger partial charge >= 0.3 is 0 Å². The number of nitrogens with one attached hydrogen (secondary N) is 1. The van der Waals surface area contributed by atoms with Crippen LogP contribution in [0.2, 0.25) is 0 Å². The van der Waals surface area contributed by atoms with E-state index in [0.717, 1.165) is 12.8 Å². The summed E-state index contributed by atoms with van der Waals surface area (Å²) in [7, 11) is 0. The largest absolute Gasteiger partial charge is 0.273 e. The van der Waals surface area contributed by atoms with Gasteiger partial charge in [0.1, 0.15) is 0 Å². The molecule has 0 aromatic carbocycles. The monoisotopic (exact) mass is 204 g/mol. The van der Waals surface area contributed by atoms with Crippen LogP contribution in [0, 0.1) is 5.92 Å². The summed E-state index contributed by atoms with van der Waals surface area (Å²) in [4.78, 5) is 22.5. The van der Waals surface area contributed by atoms with Crippen LogP contribution in [0.3, 0.4) is 0 Å². The molecule has 2 fully saturated rings. The lowest BCUT2D eigenvalue weighted by Crippen LogP contribution is -2.43. The first kappa shape index (κ1) is 10.5. The third-order valence-electron chi connectivity index (χ3n) is 2.26. The van der Waals surface area contributed by atoms with Crippen LogP contribution in [-0.4, -0.2) is 22.9 Å². The van der Waals surface area contributed by atoms with Gasteiger partial charge in [0.15, 0.2) is 0 Å². The van der Waals surface area contributed by atoms with Crippen molar-refractivity contribution in [1.82, 2.24) is 10.4 Å². The van der Waals surface area contributed by atoms with E-state index in [0.29, 0.717) is 12.5 Å². The Kier molecular flexibility index (Phi) is 2.93. The van der Waals surface area contributed by atoms with Crippen LogP contribution in [0.25, 0.3) is 0 Å². The van der Waals surface area contributed by atoms with E-state index >= 15 is 0 Å². The molecule has 2 amide bonds. The topological polar surface area (TPSA) is 49.4 Å². The fraction of sp³-hybridized carbons (Fsp3) is 0.750. The molecule has 1 saturated heterocycles. The quantitative estimate of drug-likeness (QED) is 0.666. The van der Waals surface area contributed by atoms with Gasteiger partial charge in [-0.2, -0.15) is 0 Å². The number of nitrogens with zero attached hydrogens (tertiary/aromatic N) is 1. The molecule has 13 heavy (non-hydrogen) atoms. The maximum absolute atomic E-state index is 11.3. The number of hydrazine groups is 1. The lowest BCUT2D eigenvalue weighted by atomic mass is 10.1. The molecule has 1 atom stereocenters. The Labute approximate surface area is 83.0 Å². The Balaban J connectivity index is 0.000000845. The van der Waals surface area contributed by atoms with Crippen molar-refractivity contribution in [3.8, 4) is 0 Å². The van der Waals surface area contributed by atoms with Crippen LogP contribution in [0.4, 0.5) is 0 Å². The van der Waals surface area contributed by atoms with Crippen LogP contribution < -0.4 is 5.43 Å². The Morgan fingerprint density at radius 3 is 2.38 bits per heavy atom. The van der Waals surface area contributed by atoms with Crippen molar-refractivity contribution in [3.63, 3.8) is 0 Å². The Morgan fingerprint density at radius 1 is 1.38 bits per heavy atom. The van der Waals surface area contributed by atoms with Gasteiger partial charge in [0, 0.05) is 18.4 Å². The van der Waals surface area contributed by atoms with E-state index < -0.39 is 0 Å². The maximum Gasteiger partial charge on any atom is 0.247 e. The van der Waals surface area contributed by atoms with E-state index in [4.69, 9.17) is 0 Å². The predicted molar refractivity (Wildman–Crippen MR) is 49.0 cm³/mol. The van der Waals surface area contributed by atoms with Gasteiger partial charge in [0.2, 0.25) is 11.8 Å². The van der Waals surface area contributed by atoms with Gasteiger partial charge in [-0.1, -0.05) is 6.92 Å². The van der Waals surface area contributed by atoms with Crippen LogP contribution in [0.1, 0.15) is 26.2 Å². The molecule has 2 aliphatic rings. The second-order valence-corrected chi connectivity index (χ2v) is 3.58. The average molecular weight is 205 g/mol. The first-order valence-electron chi connectivity index (χ1n) is 4.31. The normalized spacial score (nSPS) is 27.8. The smallest absolute Gasteiger partial charge is 0.247 e. The Bertz CT molecular complexity index is 240. The molecular weight excluding hydrogens is 192 g/mol. The van der Waals surface area contributed by atoms with Crippen molar-refractivity contribution in [2.24, 2.45) is 5.92 Å². The summed E-state index contributed by atoms with van der Waals surface area (Å²) in [6, 6.07) is 0.364. The highest BCUT2D eigenvalue weighted by Crippen LogP contribution is 2.23. The van der Waals surface area contributed by atoms with E-state index in [9.17, 15) is 9.59 Å². The predicted octanol–water partition coefficient (Wildman–Crippen LogP) is 0.470. The van der Waals surface area contributed by atoms with E-state index in [2.05, 4.69) is 5.43 Å². The molecular formula is C8H13ClN2O2. The van der Waals surface area contributed by atoms with Crippen molar-refractivity contribution in [3.05, 3.63) is 0 Å². The van der Waals surface area contributed by atoms with Gasteiger partial charge in [-0.3, -0.25) is 9.59 Å². The summed E-state index contributed by atoms with van der Waals surface area (Å²) < 4.78 is 0. The Morgan fingerprint density at radius 2 is 2.00 bits per heavy atom. The highest BCUT2D eigenvalue weighted by molar-refractivity contribution is 6.02. The lowest BCUT2D eigenvalue weighted by molar-refractivity contribution is -0.143. The molecule has 1 unspecified atom stereocenters. The zero-order valence-electron chi connectivity index (χ0n) is 7.45. The van der Waals surface area contributed by atoms with E-state index in [1.165, 1.54) is 5.01 Å². The van der Waals surface area contributed by atoms with Crippen LogP contribution in [0.5, 0.6) is 0 Å². The molecule has 0 radical (unpaired) electrons. The second-order valence-electron chi connectivity index (χ2n) is 3.58. The third-order valence-corrected chi connectivity index (χ3v) is 2.26. The van der Waals surface area contributed by atoms with Crippen LogP contribution in [0.15, 0.2) is 0 Å². The summed E-state index contributed by atoms with van der Waals surface area (Å²) in [5, 5.41) is 1.20. The van der Waals surface area contributed by atoms with Gasteiger partial charge in [-0.05, 0) is 12.8 Å². The minimum Gasteiger partial charge on any atom is -0.273 e. The van der Waals surface area contributed by atoms with Gasteiger partial charge < -0.3 is 0 Å². The molecule has 0 spiro atoms. The van der Waals surface area contributed by atoms with Crippen LogP contribution in [-0.2, 0) is 9.59 Å². The molecule has 0 bridgehead atoms. The summed E-state index contributed by atoms with van der Waals surface area (Å²) in [5.41, 5.74) is 2.92. The minimum absolute atomic E-state index is 0. The number of rotatable bonds is 2. The number of halogens is 1. The van der Waals surface area contributed by atoms with Crippen molar-refractivity contribution in [1.29, 1.82) is 0 Å². The molecule has 0 aromatic rings. The van der Waals surface area contributed by atoms with Gasteiger partial charge in [0.05, 0.1) is 0 Å². The van der Waals surface area contributed by atoms with Crippen molar-refractivity contribution in [2.75, 3.05) is 0 Å². The summed E-state index contributed by atoms with van der Waals surface area (Å²) in [6.45, 7) is 1.79. The highest BCUT2D eigenvalue weighted by Gasteiger charge is 2.38. The van der Waals surface area contributed by atoms with Gasteiger partial charge in [-0.15, -0.1) is 12.4 Å². The highest BCUT2D eigenvalue weighted by atomic mass is 35.5. The number of hydrogen-bond acceptors (Lipinski definition) is 3. The molecule has 1 heterocycles. The molecule has 2 rings (SSSR count). The summed E-state index contributed by atoms with van der Waals surface area (Å²) >= 11 is 0. The van der Waals surface area contributed by atoms with E-state index in [1.54, 1.807) is 6.92 Å². The average Bonchev–Trinajstić information content (AvgIpc) is 2.77. The van der Waals surface area contributed by atoms with Gasteiger partial charge in [0.25, 0.3) is 0 Å². The lowest BCUT2D eigenvalue weighted by Gasteiger charge is -2.14. The standard InChI is InChI=1S/C8H12N2O2.ClH/c1-5-4-7(11)10(8(5)12)9-6-2-3-6;/h5-6,9H,2-4H2,1H3;1H. The maximum atomic E-state index is 11.3. The summed E-state index contributed by atoms with van der Waals surface area (Å²) in [5.74, 6) is -0.296. The minimum atomic E-state index is -0.135. The molecule has 1 aliphatic heterocycles. The molecule has 0 aromatic heterocycles. The number of imide groups is 1. The zero-order chi connectivity index (χ0) is 8.72. The molecule has 1 saturated carbocycles. The van der Waals surface area contributed by atoms with E-state index in [-0.39, 0.29) is 30.1 Å². The molecule has 5 heteroatoms. The van der Waals surface area contributed by atoms with Crippen molar-refractivity contribution >= 4 is 24.2 Å². The summed E-state index contributed by atoms with van der Waals surface area (Å²) in [6.07, 6.45) is 2.51. The number of amides is 2. The fourth-order valence-electron chi connectivity index (χ4n) is 1.31. The number of carbonyl (C=O) groups is 2. The van der Waals surface area contributed by atoms with Gasteiger partial charge in [-0.25, -0.2) is 10.4 Å². The number of hydrogen-bond donors (Lipinski definition) is 1. The van der Waals surface area contributed by atoms with Crippen molar-refractivity contribution < 1.29 is 9.59 Å². The molecule has 4 nitrogen and oxygen atoms in total. The van der Waals surface area contributed by atoms with E-state index in [1.807, 2.05) is 0 Å². The SMILES string of the molecule is CC1CC(=O)N(NC2CC2)C1=O.Cl. The van der Waals surface area contributed by atoms with Crippen LogP contribution >= 0.6 is 12.4 Å². The first-order chi connectivity index (χ1) is 5.68. The number of carbonyl (C=O) groups excluding carboxylic acids is 2. The van der Waals surface area contributed by atoms with Crippen molar-refractivity contribution in [2.45, 2.75) is 32.2 Å².